The zero-order valence-corrected chi connectivity index (χ0v) is 24.7. The van der Waals surface area contributed by atoms with E-state index < -0.39 is 28.5 Å². The van der Waals surface area contributed by atoms with Gasteiger partial charge in [-0.2, -0.15) is 0 Å². The first-order valence-electron chi connectivity index (χ1n) is 12.1. The van der Waals surface area contributed by atoms with E-state index in [-0.39, 0.29) is 18.9 Å². The van der Waals surface area contributed by atoms with E-state index in [1.165, 1.54) is 4.90 Å². The van der Waals surface area contributed by atoms with Crippen molar-refractivity contribution in [2.45, 2.75) is 32.9 Å². The van der Waals surface area contributed by atoms with E-state index in [0.717, 1.165) is 26.2 Å². The monoisotopic (exact) mass is 619 g/mol. The Morgan fingerprint density at radius 3 is 2.29 bits per heavy atom. The normalized spacial score (nSPS) is 12.0. The van der Waals surface area contributed by atoms with Crippen molar-refractivity contribution in [2.75, 3.05) is 23.7 Å². The average molecular weight is 621 g/mol. The number of amides is 2. The molecule has 0 aromatic heterocycles. The fourth-order valence-corrected chi connectivity index (χ4v) is 5.66. The van der Waals surface area contributed by atoms with Gasteiger partial charge in [0.1, 0.15) is 12.6 Å². The third-order valence-electron chi connectivity index (χ3n) is 6.05. The van der Waals surface area contributed by atoms with E-state index in [0.29, 0.717) is 22.8 Å². The molecule has 0 bridgehead atoms. The van der Waals surface area contributed by atoms with Crippen molar-refractivity contribution < 1.29 is 18.0 Å². The summed E-state index contributed by atoms with van der Waals surface area (Å²) < 4.78 is 27.6. The van der Waals surface area contributed by atoms with Crippen LogP contribution in [0.25, 0.3) is 0 Å². The smallest absolute Gasteiger partial charge is 0.244 e. The molecule has 1 N–H and O–H groups in total. The molecule has 202 valence electrons. The summed E-state index contributed by atoms with van der Waals surface area (Å²) in [6, 6.07) is 20.9. The van der Waals surface area contributed by atoms with Gasteiger partial charge in [-0.1, -0.05) is 76.1 Å². The van der Waals surface area contributed by atoms with E-state index >= 15 is 0 Å². The number of anilines is 1. The number of hydrogen-bond donors (Lipinski definition) is 1. The highest BCUT2D eigenvalue weighted by molar-refractivity contribution is 9.10. The molecule has 0 aliphatic rings. The molecule has 0 heterocycles. The highest BCUT2D eigenvalue weighted by Gasteiger charge is 2.33. The number of carbonyl (C=O) groups excluding carboxylic acids is 2. The Morgan fingerprint density at radius 2 is 1.66 bits per heavy atom. The van der Waals surface area contributed by atoms with Gasteiger partial charge in [0.25, 0.3) is 0 Å². The summed E-state index contributed by atoms with van der Waals surface area (Å²) in [5.74, 6) is -0.827. The van der Waals surface area contributed by atoms with Gasteiger partial charge in [0.2, 0.25) is 21.8 Å². The predicted octanol–water partition coefficient (Wildman–Crippen LogP) is 4.95. The molecule has 0 saturated heterocycles. The van der Waals surface area contributed by atoms with Crippen LogP contribution in [0.5, 0.6) is 0 Å². The summed E-state index contributed by atoms with van der Waals surface area (Å²) in [4.78, 5) is 28.8. The molecule has 0 radical (unpaired) electrons. The average Bonchev–Trinajstić information content (AvgIpc) is 2.86. The first-order chi connectivity index (χ1) is 18.0. The predicted molar refractivity (Wildman–Crippen MR) is 156 cm³/mol. The van der Waals surface area contributed by atoms with Gasteiger partial charge in [0.15, 0.2) is 0 Å². The van der Waals surface area contributed by atoms with Crippen molar-refractivity contribution in [3.8, 4) is 0 Å². The minimum atomic E-state index is -3.86. The summed E-state index contributed by atoms with van der Waals surface area (Å²) >= 11 is 9.73. The molecule has 0 aliphatic heterocycles. The third-order valence-corrected chi connectivity index (χ3v) is 8.08. The van der Waals surface area contributed by atoms with Crippen LogP contribution in [0.3, 0.4) is 0 Å². The fourth-order valence-electron chi connectivity index (χ4n) is 4.14. The largest absolute Gasteiger partial charge is 0.355 e. The topological polar surface area (TPSA) is 86.8 Å². The Kier molecular flexibility index (Phi) is 10.4. The minimum absolute atomic E-state index is 0.110. The number of nitrogens with one attached hydrogen (secondary N) is 1. The lowest BCUT2D eigenvalue weighted by Gasteiger charge is -2.33. The lowest BCUT2D eigenvalue weighted by Crippen LogP contribution is -2.53. The summed E-state index contributed by atoms with van der Waals surface area (Å²) in [7, 11) is -3.86. The van der Waals surface area contributed by atoms with Gasteiger partial charge < -0.3 is 10.2 Å². The van der Waals surface area contributed by atoms with Gasteiger partial charge in [-0.3, -0.25) is 13.9 Å². The van der Waals surface area contributed by atoms with Crippen molar-refractivity contribution in [1.29, 1.82) is 0 Å². The summed E-state index contributed by atoms with van der Waals surface area (Å²) in [5, 5.41) is 3.23. The zero-order chi connectivity index (χ0) is 27.9. The Bertz CT molecular complexity index is 1390. The van der Waals surface area contributed by atoms with Gasteiger partial charge in [0.05, 0.1) is 11.9 Å². The molecule has 10 heteroatoms. The third kappa shape index (κ3) is 7.82. The van der Waals surface area contributed by atoms with Crippen LogP contribution in [-0.4, -0.2) is 50.5 Å². The van der Waals surface area contributed by atoms with Crippen LogP contribution >= 0.6 is 27.5 Å². The molecule has 3 aromatic rings. The minimum Gasteiger partial charge on any atom is -0.355 e. The van der Waals surface area contributed by atoms with Crippen molar-refractivity contribution in [1.82, 2.24) is 10.2 Å². The van der Waals surface area contributed by atoms with E-state index in [4.69, 9.17) is 11.6 Å². The van der Waals surface area contributed by atoms with E-state index in [1.807, 2.05) is 61.5 Å². The number of likely N-dealkylation sites (N-methyl/N-ethyl adjacent to an activating group) is 1. The maximum atomic E-state index is 14.0. The van der Waals surface area contributed by atoms with Gasteiger partial charge in [-0.05, 0) is 54.8 Å². The van der Waals surface area contributed by atoms with E-state index in [1.54, 1.807) is 25.1 Å². The molecule has 0 aliphatic carbocycles. The Labute approximate surface area is 238 Å². The second-order valence-corrected chi connectivity index (χ2v) is 12.1. The molecule has 0 unspecified atom stereocenters. The maximum absolute atomic E-state index is 14.0. The Hall–Kier alpha value is -2.88. The van der Waals surface area contributed by atoms with Gasteiger partial charge in [-0.15, -0.1) is 0 Å². The van der Waals surface area contributed by atoms with Crippen LogP contribution in [-0.2, 0) is 32.6 Å². The van der Waals surface area contributed by atoms with Crippen molar-refractivity contribution in [3.63, 3.8) is 0 Å². The van der Waals surface area contributed by atoms with Crippen LogP contribution in [0.4, 0.5) is 5.69 Å². The van der Waals surface area contributed by atoms with Crippen LogP contribution < -0.4 is 9.62 Å². The molecular weight excluding hydrogens is 590 g/mol. The molecule has 2 amide bonds. The fraction of sp³-hybridized carbons (Fsp3) is 0.286. The Balaban J connectivity index is 2.07. The SMILES string of the molecule is CCNC(=O)[C@H](Cc1ccccc1)N(Cc1cccc(Br)c1)C(=O)CN(c1cccc(Cl)c1C)S(C)(=O)=O. The van der Waals surface area contributed by atoms with Crippen molar-refractivity contribution in [2.24, 2.45) is 0 Å². The zero-order valence-electron chi connectivity index (χ0n) is 21.5. The highest BCUT2D eigenvalue weighted by atomic mass is 79.9. The van der Waals surface area contributed by atoms with Crippen LogP contribution in [0.15, 0.2) is 77.3 Å². The summed E-state index contributed by atoms with van der Waals surface area (Å²) in [6.07, 6.45) is 1.31. The molecule has 0 fully saturated rings. The number of nitrogens with zero attached hydrogens (tertiary/aromatic N) is 2. The number of sulfonamides is 1. The van der Waals surface area contributed by atoms with Crippen LogP contribution in [0.1, 0.15) is 23.6 Å². The number of hydrogen-bond acceptors (Lipinski definition) is 4. The number of halogens is 2. The van der Waals surface area contributed by atoms with E-state index in [9.17, 15) is 18.0 Å². The first-order valence-corrected chi connectivity index (χ1v) is 15.1. The second kappa shape index (κ2) is 13.3. The Morgan fingerprint density at radius 1 is 1.00 bits per heavy atom. The van der Waals surface area contributed by atoms with Crippen molar-refractivity contribution in [3.05, 3.63) is 99.0 Å². The van der Waals surface area contributed by atoms with Gasteiger partial charge >= 0.3 is 0 Å². The highest BCUT2D eigenvalue weighted by Crippen LogP contribution is 2.28. The molecular formula is C28H31BrClN3O4S. The molecule has 3 rings (SSSR count). The van der Waals surface area contributed by atoms with Gasteiger partial charge in [-0.25, -0.2) is 8.42 Å². The summed E-state index contributed by atoms with van der Waals surface area (Å²) in [5.41, 5.74) is 2.52. The first kappa shape index (κ1) is 29.7. The summed E-state index contributed by atoms with van der Waals surface area (Å²) in [6.45, 7) is 3.52. The molecule has 0 spiro atoms. The van der Waals surface area contributed by atoms with Crippen LogP contribution in [0.2, 0.25) is 5.02 Å². The number of carbonyl (C=O) groups is 2. The molecule has 38 heavy (non-hydrogen) atoms. The van der Waals surface area contributed by atoms with Gasteiger partial charge in [0, 0.05) is 29.0 Å². The second-order valence-electron chi connectivity index (χ2n) is 8.91. The molecule has 3 aromatic carbocycles. The van der Waals surface area contributed by atoms with E-state index in [2.05, 4.69) is 21.2 Å². The molecule has 0 saturated carbocycles. The number of rotatable bonds is 11. The lowest BCUT2D eigenvalue weighted by molar-refractivity contribution is -0.140. The maximum Gasteiger partial charge on any atom is 0.244 e. The quantitative estimate of drug-likeness (QED) is 0.329. The molecule has 7 nitrogen and oxygen atoms in total. The van der Waals surface area contributed by atoms with Crippen molar-refractivity contribution >= 4 is 55.1 Å². The number of benzene rings is 3. The van der Waals surface area contributed by atoms with Crippen LogP contribution in [0, 0.1) is 6.92 Å². The lowest BCUT2D eigenvalue weighted by atomic mass is 10.0. The molecule has 1 atom stereocenters. The standard InChI is InChI=1S/C28H31BrClN3O4S/c1-4-31-28(35)26(17-21-10-6-5-7-11-21)32(18-22-12-8-13-23(29)16-22)27(34)19-33(38(3,36)37)25-15-9-14-24(30)20(25)2/h5-16,26H,4,17-19H2,1-3H3,(H,31,35)/t26-/m0/s1.